The second-order valence-electron chi connectivity index (χ2n) is 10.4. The lowest BCUT2D eigenvalue weighted by Crippen LogP contribution is -2.61. The Morgan fingerprint density at radius 1 is 1.18 bits per heavy atom. The van der Waals surface area contributed by atoms with Crippen LogP contribution in [0.4, 0.5) is 0 Å². The van der Waals surface area contributed by atoms with Crippen molar-refractivity contribution in [3.8, 4) is 0 Å². The maximum absolute atomic E-state index is 13.3. The molecule has 2 N–H and O–H groups in total. The van der Waals surface area contributed by atoms with Gasteiger partial charge in [0.25, 0.3) is 5.91 Å². The number of carbonyl (C=O) groups is 2. The Hall–Kier alpha value is -2.23. The van der Waals surface area contributed by atoms with E-state index in [2.05, 4.69) is 10.3 Å². The van der Waals surface area contributed by atoms with Gasteiger partial charge in [-0.25, -0.2) is 9.79 Å². The summed E-state index contributed by atoms with van der Waals surface area (Å²) in [5.41, 5.74) is -1.09. The van der Waals surface area contributed by atoms with E-state index in [1.807, 2.05) is 11.4 Å². The van der Waals surface area contributed by atoms with Gasteiger partial charge >= 0.3 is 5.97 Å². The van der Waals surface area contributed by atoms with Crippen LogP contribution in [0.1, 0.15) is 56.2 Å². The summed E-state index contributed by atoms with van der Waals surface area (Å²) in [7, 11) is 0. The summed E-state index contributed by atoms with van der Waals surface area (Å²) in [5, 5.41) is 17.8. The number of hydrogen-bond acceptors (Lipinski definition) is 7. The number of hydroxylamine groups is 2. The Morgan fingerprint density at radius 2 is 1.91 bits per heavy atom. The van der Waals surface area contributed by atoms with E-state index in [0.717, 1.165) is 62.1 Å². The van der Waals surface area contributed by atoms with Gasteiger partial charge in [0, 0.05) is 10.8 Å². The number of carbonyl (C=O) groups excluding carboxylic acids is 2. The molecular formula is C25H35N4O4S+. The Labute approximate surface area is 204 Å². The SMILES string of the molecule is O=C(C[N+]12CCC(CC1)CC2)NC1=CN=CN(OC(=O)[C@@](O)(c2cccs2)C2CCCCC2)C1. The van der Waals surface area contributed by atoms with E-state index in [0.29, 0.717) is 17.1 Å². The molecule has 6 rings (SSSR count). The smallest absolute Gasteiger partial charge is 0.369 e. The van der Waals surface area contributed by atoms with E-state index >= 15 is 0 Å². The third-order valence-electron chi connectivity index (χ3n) is 8.17. The number of rotatable bonds is 7. The van der Waals surface area contributed by atoms with Crippen molar-refractivity contribution in [2.45, 2.75) is 57.0 Å². The molecule has 5 heterocycles. The highest BCUT2D eigenvalue weighted by atomic mass is 32.1. The molecule has 1 atom stereocenters. The zero-order valence-corrected chi connectivity index (χ0v) is 20.5. The lowest BCUT2D eigenvalue weighted by Gasteiger charge is -2.48. The van der Waals surface area contributed by atoms with Crippen LogP contribution in [-0.4, -0.2) is 65.6 Å². The minimum atomic E-state index is -1.68. The second kappa shape index (κ2) is 9.79. The zero-order chi connectivity index (χ0) is 23.6. The van der Waals surface area contributed by atoms with Crippen molar-refractivity contribution in [2.24, 2.45) is 16.8 Å². The zero-order valence-electron chi connectivity index (χ0n) is 19.7. The maximum Gasteiger partial charge on any atom is 0.369 e. The number of piperidine rings is 3. The summed E-state index contributed by atoms with van der Waals surface area (Å²) in [4.78, 5) is 36.6. The summed E-state index contributed by atoms with van der Waals surface area (Å²) in [6.07, 6.45) is 11.4. The van der Waals surface area contributed by atoms with Crippen LogP contribution in [0.15, 0.2) is 34.4 Å². The number of quaternary nitrogens is 1. The topological polar surface area (TPSA) is 91.2 Å². The molecule has 0 aromatic carbocycles. The summed E-state index contributed by atoms with van der Waals surface area (Å²) in [6.45, 7) is 3.92. The van der Waals surface area contributed by atoms with Crippen molar-refractivity contribution in [1.82, 2.24) is 10.4 Å². The van der Waals surface area contributed by atoms with Crippen LogP contribution in [-0.2, 0) is 20.0 Å². The molecule has 1 saturated carbocycles. The van der Waals surface area contributed by atoms with E-state index in [1.165, 1.54) is 42.0 Å². The Kier molecular flexibility index (Phi) is 6.77. The number of aliphatic imine (C=N–C) groups is 1. The van der Waals surface area contributed by atoms with Crippen molar-refractivity contribution in [1.29, 1.82) is 0 Å². The van der Waals surface area contributed by atoms with E-state index in [9.17, 15) is 14.7 Å². The summed E-state index contributed by atoms with van der Waals surface area (Å²) in [6, 6.07) is 3.64. The van der Waals surface area contributed by atoms with Crippen LogP contribution in [0, 0.1) is 11.8 Å². The molecule has 3 saturated heterocycles. The maximum atomic E-state index is 13.3. The van der Waals surface area contributed by atoms with Crippen molar-refractivity contribution in [3.05, 3.63) is 34.3 Å². The average molecular weight is 488 g/mol. The molecule has 5 aliphatic rings. The lowest BCUT2D eigenvalue weighted by molar-refractivity contribution is -0.935. The van der Waals surface area contributed by atoms with Crippen molar-refractivity contribution < 1.29 is 24.0 Å². The van der Waals surface area contributed by atoms with Crippen LogP contribution in [0.5, 0.6) is 0 Å². The molecule has 1 amide bonds. The monoisotopic (exact) mass is 487 g/mol. The van der Waals surface area contributed by atoms with Gasteiger partial charge < -0.3 is 19.7 Å². The van der Waals surface area contributed by atoms with Crippen LogP contribution < -0.4 is 5.32 Å². The Morgan fingerprint density at radius 3 is 2.59 bits per heavy atom. The summed E-state index contributed by atoms with van der Waals surface area (Å²) in [5.74, 6) is -0.0303. The van der Waals surface area contributed by atoms with Gasteiger partial charge in [0.1, 0.15) is 6.34 Å². The standard InChI is InChI=1S/C25H34N4O4S/c30-23(17-29-11-8-19(9-12-29)10-13-29)27-21-15-26-18-28(16-21)33-24(31)25(32,22-7-4-14-34-22)20-5-2-1-3-6-20/h4,7,14-15,18-20,32H,1-3,5-6,8-13,16-17H2/p+1/t19?,25-,29?/m0/s1. The van der Waals surface area contributed by atoms with Crippen molar-refractivity contribution >= 4 is 29.6 Å². The number of nitrogens with zero attached hydrogens (tertiary/aromatic N) is 3. The molecule has 184 valence electrons. The minimum absolute atomic E-state index is 0.0210. The molecule has 8 nitrogen and oxygen atoms in total. The predicted octanol–water partition coefficient (Wildman–Crippen LogP) is 2.91. The first-order chi connectivity index (χ1) is 16.5. The fourth-order valence-electron chi connectivity index (χ4n) is 6.13. The number of aliphatic hydroxyl groups is 1. The van der Waals surface area contributed by atoms with Gasteiger partial charge in [0.05, 0.1) is 38.1 Å². The van der Waals surface area contributed by atoms with Gasteiger partial charge in [-0.3, -0.25) is 4.79 Å². The fourth-order valence-corrected chi connectivity index (χ4v) is 7.02. The van der Waals surface area contributed by atoms with Gasteiger partial charge in [-0.05, 0) is 49.5 Å². The lowest BCUT2D eigenvalue weighted by atomic mass is 9.76. The predicted molar refractivity (Wildman–Crippen MR) is 129 cm³/mol. The molecule has 1 aromatic rings. The number of thiophene rings is 1. The van der Waals surface area contributed by atoms with Crippen LogP contribution in [0.3, 0.4) is 0 Å². The highest BCUT2D eigenvalue weighted by Gasteiger charge is 2.49. The number of nitrogens with one attached hydrogen (secondary N) is 1. The highest BCUT2D eigenvalue weighted by molar-refractivity contribution is 7.10. The molecule has 0 unspecified atom stereocenters. The fraction of sp³-hybridized carbons (Fsp3) is 0.640. The average Bonchev–Trinajstić information content (AvgIpc) is 3.40. The molecule has 4 aliphatic heterocycles. The number of fused-ring (bicyclic) bond motifs is 3. The van der Waals surface area contributed by atoms with Crippen LogP contribution in [0.25, 0.3) is 0 Å². The normalized spacial score (nSPS) is 28.8. The molecule has 0 radical (unpaired) electrons. The van der Waals surface area contributed by atoms with Crippen LogP contribution in [0.2, 0.25) is 0 Å². The number of amides is 1. The Bertz CT molecular complexity index is 934. The molecular weight excluding hydrogens is 452 g/mol. The third-order valence-corrected chi connectivity index (χ3v) is 9.16. The van der Waals surface area contributed by atoms with E-state index in [1.54, 1.807) is 12.3 Å². The van der Waals surface area contributed by atoms with Gasteiger partial charge in [-0.2, -0.15) is 5.06 Å². The number of hydrogen-bond donors (Lipinski definition) is 2. The minimum Gasteiger partial charge on any atom is -0.373 e. The molecule has 9 heteroatoms. The van der Waals surface area contributed by atoms with Gasteiger partial charge in [-0.1, -0.05) is 25.3 Å². The molecule has 0 spiro atoms. The van der Waals surface area contributed by atoms with Crippen LogP contribution >= 0.6 is 11.3 Å². The first kappa shape index (κ1) is 23.5. The van der Waals surface area contributed by atoms with Crippen molar-refractivity contribution in [2.75, 3.05) is 32.7 Å². The first-order valence-corrected chi connectivity index (χ1v) is 13.5. The second-order valence-corrected chi connectivity index (χ2v) is 11.3. The molecule has 1 aromatic heterocycles. The van der Waals surface area contributed by atoms with E-state index in [4.69, 9.17) is 4.84 Å². The molecule has 2 bridgehead atoms. The molecule has 1 aliphatic carbocycles. The van der Waals surface area contributed by atoms with E-state index < -0.39 is 11.6 Å². The van der Waals surface area contributed by atoms with Gasteiger partial charge in [0.2, 0.25) is 5.60 Å². The third kappa shape index (κ3) is 4.78. The summed E-state index contributed by atoms with van der Waals surface area (Å²) >= 11 is 1.37. The molecule has 4 fully saturated rings. The van der Waals surface area contributed by atoms with Gasteiger partial charge in [0.15, 0.2) is 6.54 Å². The largest absolute Gasteiger partial charge is 0.373 e. The van der Waals surface area contributed by atoms with E-state index in [-0.39, 0.29) is 18.4 Å². The summed E-state index contributed by atoms with van der Waals surface area (Å²) < 4.78 is 0.882. The highest BCUT2D eigenvalue weighted by Crippen LogP contribution is 2.42. The quantitative estimate of drug-likeness (QED) is 0.577. The molecule has 34 heavy (non-hydrogen) atoms. The van der Waals surface area contributed by atoms with Gasteiger partial charge in [-0.15, -0.1) is 11.3 Å². The van der Waals surface area contributed by atoms with Crippen molar-refractivity contribution in [3.63, 3.8) is 0 Å². The first-order valence-electron chi connectivity index (χ1n) is 12.6. The Balaban J connectivity index is 1.20.